The Morgan fingerprint density at radius 3 is 1.06 bits per heavy atom. The molecule has 5 aromatic heterocycles. The van der Waals surface area contributed by atoms with E-state index in [0.717, 1.165) is 16.6 Å². The maximum absolute atomic E-state index is 12.5. The van der Waals surface area contributed by atoms with Crippen LogP contribution in [0.2, 0.25) is 0 Å². The van der Waals surface area contributed by atoms with Crippen LogP contribution in [0.3, 0.4) is 0 Å². The number of carbonyl (C=O) groups excluding carboxylic acids is 6. The van der Waals surface area contributed by atoms with Crippen molar-refractivity contribution in [2.24, 2.45) is 39.5 Å². The van der Waals surface area contributed by atoms with Crippen LogP contribution in [0.15, 0.2) is 65.9 Å². The van der Waals surface area contributed by atoms with Gasteiger partial charge < -0.3 is 121 Å². The van der Waals surface area contributed by atoms with E-state index < -0.39 is 174 Å². The highest BCUT2D eigenvalue weighted by molar-refractivity contribution is 7.86. The summed E-state index contributed by atoms with van der Waals surface area (Å²) in [5.74, 6) is -7.44. The standard InChI is InChI=1S/C18H22N4O7S.C11H15N7O4.C11H17N5O4.C11H16N4O5.C8H12N4O5.C3H6O/c1-10-4-6-11(7-5-10)30(24,25)26-8-12-13-14(29-18(2,3)28-13)17(27-12)22-9-20-16(21-22)15(19)23;1-11(2)21-6-5(3-15-17-13)20-10(7(6)22-11)18-4-14-9(16-18)8(12)19;1-11(2)19-6-5(3-12)18-10(7(6)20-11)16-4-14-9(15-16)8(13)17;1-11(2)19-6-5(3-16)18-10(7(6)20-11)15-4-13-9(14-15)8(12)17;9-6(16)7-10-2-12(11-7)8-5(15)4(14)3(1-13)17-8;1-3(2)4/h4-7,9,12-14,17H,8H2,1-3H3,(H2,19,23);4-7,10H,3H2,1-2H3,(H2,12,19);4-7,10H,3,12H2,1-2H3,(H2,13,17);4-7,10,16H,3H2,1-2H3,(H2,12,17);2-5,8,13-15H,1H2,(H2,9,16);1-2H3/t12-,13-,14-,17-;3*5-,6-,7-,10-;3-,4-,5-,8-;/m11111./s1. The molecule has 0 bridgehead atoms. The Morgan fingerprint density at radius 1 is 0.469 bits per heavy atom. The van der Waals surface area contributed by atoms with Gasteiger partial charge in [-0.25, -0.2) is 48.3 Å². The monoisotopic (exact) mass is 1620 g/mol. The molecular weight excluding hydrogens is 1530 g/mol. The second-order valence-corrected chi connectivity index (χ2v) is 29.7. The van der Waals surface area contributed by atoms with E-state index in [-0.39, 0.29) is 77.9 Å². The molecule has 51 heteroatoms. The van der Waals surface area contributed by atoms with Crippen LogP contribution in [-0.2, 0) is 80.7 Å². The minimum absolute atomic E-state index is 0.0468. The minimum Gasteiger partial charge on any atom is -0.394 e. The molecule has 16 N–H and O–H groups in total. The van der Waals surface area contributed by atoms with E-state index >= 15 is 0 Å². The lowest BCUT2D eigenvalue weighted by Gasteiger charge is -2.24. The van der Waals surface area contributed by atoms with E-state index in [1.807, 2.05) is 20.8 Å². The van der Waals surface area contributed by atoms with Gasteiger partial charge in [0.25, 0.3) is 39.7 Å². The Morgan fingerprint density at radius 2 is 0.752 bits per heavy atom. The molecule has 0 aliphatic carbocycles. The summed E-state index contributed by atoms with van der Waals surface area (Å²) < 4.78 is 112. The van der Waals surface area contributed by atoms with Gasteiger partial charge in [0, 0.05) is 11.5 Å². The molecule has 15 rings (SSSR count). The van der Waals surface area contributed by atoms with Crippen molar-refractivity contribution < 1.29 is 123 Å². The molecule has 113 heavy (non-hydrogen) atoms. The first kappa shape index (κ1) is 85.9. The van der Waals surface area contributed by atoms with Crippen molar-refractivity contribution in [3.63, 3.8) is 0 Å². The summed E-state index contributed by atoms with van der Waals surface area (Å²) in [6.45, 7) is 18.6. The number of aliphatic hydroxyl groups is 4. The Bertz CT molecular complexity index is 4430. The number of primary amides is 5. The molecule has 0 spiro atoms. The van der Waals surface area contributed by atoms with Crippen molar-refractivity contribution in [2.45, 2.75) is 227 Å². The number of carbonyl (C=O) groups is 6. The molecular formula is C62H88N24O26S. The maximum atomic E-state index is 12.5. The highest BCUT2D eigenvalue weighted by atomic mass is 32.2. The van der Waals surface area contributed by atoms with Crippen LogP contribution in [0.1, 0.15) is 159 Å². The van der Waals surface area contributed by atoms with Gasteiger partial charge in [-0.05, 0) is 93.8 Å². The number of ketones is 1. The van der Waals surface area contributed by atoms with Crippen molar-refractivity contribution in [1.82, 2.24) is 73.8 Å². The molecule has 9 aliphatic heterocycles. The van der Waals surface area contributed by atoms with Crippen molar-refractivity contribution in [3.8, 4) is 0 Å². The number of benzene rings is 1. The zero-order valence-corrected chi connectivity index (χ0v) is 63.3. The molecule has 0 unspecified atom stereocenters. The van der Waals surface area contributed by atoms with Gasteiger partial charge >= 0.3 is 0 Å². The molecule has 0 saturated carbocycles. The fourth-order valence-electron chi connectivity index (χ4n) is 12.8. The SMILES string of the molecule is CC(C)=O.CC1(C)O[C@@H]2[C@H](O1)[C@@H](CN)O[C@H]2n1cnc(C(N)=O)n1.CC1(C)O[C@@H]2[C@H](O1)[C@@H](CN=[N+]=[N-])O[C@H]2n1cnc(C(N)=O)n1.CC1(C)O[C@@H]2[C@H](O1)[C@@H](CO)O[C@H]2n1cnc(C(N)=O)n1.Cc1ccc(S(=O)(=O)OC[C@H]2O[C@@H](n3cnc(C(N)=O)n3)[C@@H]3OC(C)(C)O[C@@H]32)cc1.NC(=O)c1ncn([C@@H]2O[C@H](CO)[C@@H](O)[C@H]2O)n1. The zero-order valence-electron chi connectivity index (χ0n) is 62.5. The lowest BCUT2D eigenvalue weighted by Crippen LogP contribution is -2.34. The largest absolute Gasteiger partial charge is 0.394 e. The molecule has 20 atom stereocenters. The Balaban J connectivity index is 0.000000150. The van der Waals surface area contributed by atoms with Crippen molar-refractivity contribution in [2.75, 3.05) is 32.9 Å². The number of azide groups is 1. The Labute approximate surface area is 640 Å². The number of hydrogen-bond donors (Lipinski definition) is 10. The van der Waals surface area contributed by atoms with E-state index in [1.165, 1.54) is 70.0 Å². The number of hydrogen-bond acceptors (Lipinski definition) is 38. The summed E-state index contributed by atoms with van der Waals surface area (Å²) in [6.07, 6.45) is -6.15. The predicted octanol–water partition coefficient (Wildman–Crippen LogP) is -4.26. The van der Waals surface area contributed by atoms with Gasteiger partial charge in [-0.2, -0.15) is 8.42 Å². The molecule has 14 heterocycles. The highest BCUT2D eigenvalue weighted by Crippen LogP contribution is 2.47. The first-order valence-corrected chi connectivity index (χ1v) is 35.9. The fraction of sp³-hybridized carbons (Fsp3) is 0.645. The van der Waals surface area contributed by atoms with Gasteiger partial charge in [0.1, 0.15) is 123 Å². The van der Waals surface area contributed by atoms with Crippen molar-refractivity contribution in [1.29, 1.82) is 0 Å². The van der Waals surface area contributed by atoms with Gasteiger partial charge in [0.05, 0.1) is 37.4 Å². The van der Waals surface area contributed by atoms with E-state index in [9.17, 15) is 52.5 Å². The summed E-state index contributed by atoms with van der Waals surface area (Å²) >= 11 is 0. The number of fused-ring (bicyclic) bond motifs is 4. The fourth-order valence-corrected chi connectivity index (χ4v) is 13.7. The predicted molar refractivity (Wildman–Crippen MR) is 367 cm³/mol. The van der Waals surface area contributed by atoms with Crippen LogP contribution in [-0.4, -0.2) is 286 Å². The lowest BCUT2D eigenvalue weighted by molar-refractivity contribution is -0.201. The van der Waals surface area contributed by atoms with Crippen LogP contribution < -0.4 is 34.4 Å². The molecule has 9 aliphatic rings. The number of aliphatic hydroxyl groups excluding tert-OH is 4. The van der Waals surface area contributed by atoms with Crippen LogP contribution in [0.25, 0.3) is 10.4 Å². The summed E-state index contributed by atoms with van der Waals surface area (Å²) in [5.41, 5.74) is 40.7. The van der Waals surface area contributed by atoms with Crippen LogP contribution >= 0.6 is 0 Å². The normalized spacial score (nSPS) is 31.3. The molecule has 1 aromatic carbocycles. The van der Waals surface area contributed by atoms with Gasteiger partial charge in [-0.1, -0.05) is 22.8 Å². The van der Waals surface area contributed by atoms with Gasteiger partial charge in [0.2, 0.25) is 29.1 Å². The van der Waals surface area contributed by atoms with Gasteiger partial charge in [0.15, 0.2) is 54.3 Å². The van der Waals surface area contributed by atoms with Crippen LogP contribution in [0, 0.1) is 6.92 Å². The molecule has 50 nitrogen and oxygen atoms in total. The van der Waals surface area contributed by atoms with Crippen molar-refractivity contribution >= 4 is 45.4 Å². The van der Waals surface area contributed by atoms with E-state index in [1.54, 1.807) is 53.7 Å². The zero-order chi connectivity index (χ0) is 82.7. The third-order valence-electron chi connectivity index (χ3n) is 17.4. The van der Waals surface area contributed by atoms with E-state index in [4.69, 9.17) is 111 Å². The second kappa shape index (κ2) is 34.6. The number of rotatable bonds is 19. The number of nitrogens with zero attached hydrogens (tertiary/aromatic N) is 18. The topological polar surface area (TPSA) is 705 Å². The second-order valence-electron chi connectivity index (χ2n) is 28.1. The van der Waals surface area contributed by atoms with Gasteiger partial charge in [-0.3, -0.25) is 28.2 Å². The van der Waals surface area contributed by atoms with E-state index in [2.05, 4.69) is 60.4 Å². The Kier molecular flexibility index (Phi) is 26.3. The first-order valence-electron chi connectivity index (χ1n) is 34.5. The number of aromatic nitrogens is 15. The number of Topliss-reactive ketones (excluding diaryl/α,β-unsaturated/α-hetero) is 1. The molecule has 6 aromatic rings. The molecule has 0 radical (unpaired) electrons. The van der Waals surface area contributed by atoms with E-state index in [0.29, 0.717) is 6.54 Å². The summed E-state index contributed by atoms with van der Waals surface area (Å²) in [5, 5.41) is 60.6. The molecule has 9 saturated heterocycles. The Hall–Kier alpha value is -9.56. The number of amides is 5. The summed E-state index contributed by atoms with van der Waals surface area (Å²) in [7, 11) is -3.98. The average molecular weight is 1620 g/mol. The highest BCUT2D eigenvalue weighted by Gasteiger charge is 2.60. The van der Waals surface area contributed by atoms with Crippen LogP contribution in [0.5, 0.6) is 0 Å². The molecule has 9 fully saturated rings. The van der Waals surface area contributed by atoms with Crippen molar-refractivity contribution in [3.05, 3.63) is 101 Å². The number of nitrogens with two attached hydrogens (primary N) is 6. The summed E-state index contributed by atoms with van der Waals surface area (Å²) in [6, 6.07) is 6.33. The van der Waals surface area contributed by atoms with Crippen LogP contribution in [0.4, 0.5) is 0 Å². The lowest BCUT2D eigenvalue weighted by atomic mass is 10.1. The average Bonchev–Trinajstić information content (AvgIpc) is 1.62. The third-order valence-corrected chi connectivity index (χ3v) is 18.7. The minimum atomic E-state index is -3.98. The number of ether oxygens (including phenoxy) is 13. The number of aryl methyl sites for hydroxylation is 1. The quantitative estimate of drug-likeness (QED) is 0.0159. The molecule has 618 valence electrons. The van der Waals surface area contributed by atoms with Gasteiger partial charge in [-0.15, -0.1) is 25.5 Å². The first-order chi connectivity index (χ1) is 53.1. The maximum Gasteiger partial charge on any atom is 0.297 e. The summed E-state index contributed by atoms with van der Waals surface area (Å²) in [4.78, 5) is 86.4. The smallest absolute Gasteiger partial charge is 0.297 e. The molecule has 5 amide bonds. The third kappa shape index (κ3) is 20.0.